The quantitative estimate of drug-likeness (QED) is 0.117. The molecule has 39 heavy (non-hydrogen) atoms. The van der Waals surface area contributed by atoms with E-state index in [-0.39, 0.29) is 19.2 Å². The molecule has 0 aromatic heterocycles. The molecule has 192 valence electrons. The summed E-state index contributed by atoms with van der Waals surface area (Å²) >= 11 is -0.360. The molecule has 2 aliphatic rings. The van der Waals surface area contributed by atoms with Gasteiger partial charge in [0, 0.05) is 0 Å². The van der Waals surface area contributed by atoms with Gasteiger partial charge in [-0.15, -0.1) is 0 Å². The molecule has 0 aliphatic heterocycles. The molecule has 0 heterocycles. The molecule has 4 unspecified atom stereocenters. The first-order valence-corrected chi connectivity index (χ1v) is 17.1. The number of rotatable bonds is 7. The van der Waals surface area contributed by atoms with Crippen LogP contribution in [-0.2, 0) is 19.2 Å². The van der Waals surface area contributed by atoms with Gasteiger partial charge in [-0.25, -0.2) is 0 Å². The predicted molar refractivity (Wildman–Crippen MR) is 173 cm³/mol. The first-order chi connectivity index (χ1) is 19.1. The predicted octanol–water partition coefficient (Wildman–Crippen LogP) is 9.24. The van der Waals surface area contributed by atoms with Gasteiger partial charge in [-0.3, -0.25) is 0 Å². The van der Waals surface area contributed by atoms with Crippen LogP contribution in [0.4, 0.5) is 0 Å². The number of aryl methyl sites for hydroxylation is 2. The van der Waals surface area contributed by atoms with E-state index in [0.717, 1.165) is 17.2 Å². The second kappa shape index (κ2) is 13.2. The van der Waals surface area contributed by atoms with Crippen molar-refractivity contribution in [3.8, 4) is 0 Å². The zero-order valence-electron chi connectivity index (χ0n) is 22.6. The normalized spacial score (nSPS) is 17.3. The van der Waals surface area contributed by atoms with Crippen molar-refractivity contribution in [3.63, 3.8) is 0 Å². The zero-order chi connectivity index (χ0) is 27.2. The van der Waals surface area contributed by atoms with E-state index in [4.69, 9.17) is 0 Å². The Morgan fingerprint density at radius 2 is 0.949 bits per heavy atom. The average Bonchev–Trinajstić information content (AvgIpc) is 3.49. The van der Waals surface area contributed by atoms with E-state index in [1.54, 1.807) is 33.9 Å². The van der Waals surface area contributed by atoms with Crippen LogP contribution in [0.2, 0.25) is 0 Å². The van der Waals surface area contributed by atoms with Gasteiger partial charge in [0.25, 0.3) is 0 Å². The van der Waals surface area contributed by atoms with E-state index >= 15 is 0 Å². The molecule has 4 aromatic rings. The first kappa shape index (κ1) is 28.0. The van der Waals surface area contributed by atoms with Crippen molar-refractivity contribution in [3.05, 3.63) is 166 Å². The monoisotopic (exact) mass is 576 g/mol. The molecule has 0 amide bonds. The summed E-state index contributed by atoms with van der Waals surface area (Å²) in [6, 6.07) is 36.2. The second-order valence-corrected chi connectivity index (χ2v) is 14.9. The van der Waals surface area contributed by atoms with Crippen molar-refractivity contribution in [2.24, 2.45) is 0 Å². The Morgan fingerprint density at radius 1 is 0.564 bits per heavy atom. The molecule has 0 N–H and O–H groups in total. The average molecular weight is 576 g/mol. The summed E-state index contributed by atoms with van der Waals surface area (Å²) in [6.45, 7) is 11.2. The fourth-order valence-corrected chi connectivity index (χ4v) is 11.8. The second-order valence-electron chi connectivity index (χ2n) is 9.84. The Hall–Kier alpha value is -2.59. The Morgan fingerprint density at radius 3 is 1.36 bits per heavy atom. The molecule has 6 rings (SSSR count). The van der Waals surface area contributed by atoms with Crippen molar-refractivity contribution < 1.29 is 19.2 Å². The van der Waals surface area contributed by atoms with Gasteiger partial charge in [0.15, 0.2) is 0 Å². The molecule has 4 aromatic carbocycles. The van der Waals surface area contributed by atoms with Crippen molar-refractivity contribution in [1.29, 1.82) is 0 Å². The van der Waals surface area contributed by atoms with Crippen LogP contribution >= 0.6 is 17.2 Å². The molecule has 2 aliphatic carbocycles. The van der Waals surface area contributed by atoms with Gasteiger partial charge in [-0.1, -0.05) is 25.3 Å². The fraction of sp³-hybridized carbons (Fsp3) is 0.111. The summed E-state index contributed by atoms with van der Waals surface area (Å²) in [7, 11) is 1.50. The van der Waals surface area contributed by atoms with Crippen LogP contribution in [0.5, 0.6) is 0 Å². The molecule has 0 nitrogen and oxygen atoms in total. The molecule has 0 saturated heterocycles. The van der Waals surface area contributed by atoms with E-state index in [9.17, 15) is 0 Å². The fourth-order valence-electron chi connectivity index (χ4n) is 5.13. The third-order valence-electron chi connectivity index (χ3n) is 7.21. The van der Waals surface area contributed by atoms with Crippen molar-refractivity contribution in [2.75, 3.05) is 0 Å². The minimum absolute atomic E-state index is 0.360. The molecule has 0 bridgehead atoms. The van der Waals surface area contributed by atoms with Crippen LogP contribution in [-0.4, -0.2) is 0 Å². The molecule has 3 heteroatoms. The number of benzene rings is 4. The number of fused-ring (bicyclic) bond motifs is 2. The van der Waals surface area contributed by atoms with E-state index in [0.29, 0.717) is 8.45 Å². The third kappa shape index (κ3) is 6.43. The Kier molecular flexibility index (Phi) is 9.45. The maximum atomic E-state index is 3.36. The summed E-state index contributed by atoms with van der Waals surface area (Å²) in [6.07, 6.45) is 8.31. The molecule has 0 radical (unpaired) electrons. The Bertz CT molecular complexity index is 1440. The van der Waals surface area contributed by atoms with Crippen LogP contribution in [0.15, 0.2) is 133 Å². The minimum atomic E-state index is -0.360. The van der Waals surface area contributed by atoms with Crippen LogP contribution in [0, 0.1) is 13.8 Å². The van der Waals surface area contributed by atoms with Crippen molar-refractivity contribution in [1.82, 2.24) is 0 Å². The van der Waals surface area contributed by atoms with Crippen molar-refractivity contribution >= 4 is 39.9 Å². The van der Waals surface area contributed by atoms with Gasteiger partial charge in [0.2, 0.25) is 0 Å². The summed E-state index contributed by atoms with van der Waals surface area (Å²) in [4.78, 5) is 0. The number of hydrogen-bond donors (Lipinski definition) is 0. The van der Waals surface area contributed by atoms with Crippen LogP contribution in [0.25, 0.3) is 12.2 Å². The van der Waals surface area contributed by atoms with Gasteiger partial charge >= 0.3 is 222 Å². The topological polar surface area (TPSA) is 0 Å². The molecule has 0 saturated carbocycles. The molecule has 0 spiro atoms. The third-order valence-corrected chi connectivity index (χ3v) is 14.2. The van der Waals surface area contributed by atoms with E-state index in [2.05, 4.69) is 136 Å². The summed E-state index contributed by atoms with van der Waals surface area (Å²) in [5.74, 6) is 0. The first-order valence-electron chi connectivity index (χ1n) is 13.3. The molecular formula is C36H34P2Ti. The summed E-state index contributed by atoms with van der Waals surface area (Å²) < 4.78 is 1.18. The number of allylic oxidation sites excluding steroid dienone is 4. The van der Waals surface area contributed by atoms with Gasteiger partial charge in [0.05, 0.1) is 0 Å². The zero-order valence-corrected chi connectivity index (χ0v) is 26.2. The standard InChI is InChI=1S/2C16H14P.C4H6.Ti/c2*1-12-6-2-5-9-16(12)17-15-10-13-7-3-4-8-14(13)11-15;1-3-4-2;/h2*2-11,17H,1H3;3-4H,1-2H2;. The molecular weight excluding hydrogens is 542 g/mol. The van der Waals surface area contributed by atoms with Crippen LogP contribution < -0.4 is 10.6 Å². The van der Waals surface area contributed by atoms with Gasteiger partial charge in [-0.2, -0.15) is 0 Å². The Labute approximate surface area is 246 Å². The SMILES string of the molecule is C=CC=C.Cc1ccccc1PC1=Cc2ccccc2[CH]1[Ti][CH]1C(Pc2ccccc2C)=Cc2ccccc21. The van der Waals surface area contributed by atoms with Gasteiger partial charge in [0.1, 0.15) is 0 Å². The van der Waals surface area contributed by atoms with Crippen molar-refractivity contribution in [2.45, 2.75) is 22.3 Å². The van der Waals surface area contributed by atoms with E-state index in [1.165, 1.54) is 32.9 Å². The molecule has 0 fully saturated rings. The molecule has 4 atom stereocenters. The maximum absolute atomic E-state index is 3.36. The Balaban J connectivity index is 0.000000723. The van der Waals surface area contributed by atoms with Crippen LogP contribution in [0.1, 0.15) is 41.8 Å². The van der Waals surface area contributed by atoms with E-state index in [1.807, 2.05) is 0 Å². The number of hydrogen-bond acceptors (Lipinski definition) is 0. The summed E-state index contributed by atoms with van der Waals surface area (Å²) in [5, 5.41) is 6.27. The van der Waals surface area contributed by atoms with Crippen LogP contribution in [0.3, 0.4) is 0 Å². The summed E-state index contributed by atoms with van der Waals surface area (Å²) in [5.41, 5.74) is 8.83. The van der Waals surface area contributed by atoms with E-state index < -0.39 is 0 Å². The van der Waals surface area contributed by atoms with Gasteiger partial charge in [-0.05, 0) is 0 Å². The van der Waals surface area contributed by atoms with Gasteiger partial charge < -0.3 is 0 Å².